The Morgan fingerprint density at radius 2 is 1.90 bits per heavy atom. The van der Waals surface area contributed by atoms with E-state index in [2.05, 4.69) is 33.9 Å². The number of hydrogen-bond acceptors (Lipinski definition) is 6. The van der Waals surface area contributed by atoms with Gasteiger partial charge in [-0.15, -0.1) is 0 Å². The van der Waals surface area contributed by atoms with E-state index in [9.17, 15) is 13.5 Å². The van der Waals surface area contributed by atoms with Crippen LogP contribution in [-0.4, -0.2) is 53.2 Å². The first-order chi connectivity index (χ1) is 8.82. The van der Waals surface area contributed by atoms with Crippen LogP contribution in [0.25, 0.3) is 0 Å². The van der Waals surface area contributed by atoms with Crippen molar-refractivity contribution in [1.82, 2.24) is 0 Å². The molecule has 1 heterocycles. The molecule has 1 N–H and O–H groups in total. The van der Waals surface area contributed by atoms with Crippen molar-refractivity contribution in [2.45, 2.75) is 63.8 Å². The molecule has 120 valence electrons. The molecule has 0 amide bonds. The Morgan fingerprint density at radius 3 is 2.35 bits per heavy atom. The molecule has 0 bridgehead atoms. The van der Waals surface area contributed by atoms with Gasteiger partial charge < -0.3 is 14.3 Å². The molecule has 1 unspecified atom stereocenters. The van der Waals surface area contributed by atoms with Gasteiger partial charge in [-0.1, -0.05) is 20.8 Å². The average molecular weight is 326 g/mol. The summed E-state index contributed by atoms with van der Waals surface area (Å²) >= 11 is 0. The van der Waals surface area contributed by atoms with Gasteiger partial charge in [-0.25, -0.2) is 0 Å². The lowest BCUT2D eigenvalue weighted by molar-refractivity contribution is -0.104. The van der Waals surface area contributed by atoms with Gasteiger partial charge in [0.2, 0.25) is 0 Å². The van der Waals surface area contributed by atoms with Gasteiger partial charge in [-0.3, -0.25) is 4.18 Å². The molecular weight excluding hydrogens is 300 g/mol. The number of hydrogen-bond donors (Lipinski definition) is 1. The zero-order valence-corrected chi connectivity index (χ0v) is 14.9. The molecule has 1 saturated heterocycles. The lowest BCUT2D eigenvalue weighted by Crippen LogP contribution is -2.44. The monoisotopic (exact) mass is 326 g/mol. The van der Waals surface area contributed by atoms with Crippen molar-refractivity contribution in [3.8, 4) is 0 Å². The van der Waals surface area contributed by atoms with Crippen molar-refractivity contribution in [3.63, 3.8) is 0 Å². The fourth-order valence-corrected chi connectivity index (χ4v) is 3.34. The number of aliphatic hydroxyl groups excluding tert-OH is 1. The van der Waals surface area contributed by atoms with Crippen LogP contribution in [0, 0.1) is 0 Å². The van der Waals surface area contributed by atoms with Gasteiger partial charge in [0.15, 0.2) is 14.6 Å². The van der Waals surface area contributed by atoms with Crippen LogP contribution in [0.3, 0.4) is 0 Å². The molecule has 1 fully saturated rings. The molecule has 0 saturated carbocycles. The molecule has 8 heteroatoms. The normalized spacial score (nSPS) is 28.9. The van der Waals surface area contributed by atoms with Crippen LogP contribution >= 0.6 is 0 Å². The van der Waals surface area contributed by atoms with Crippen molar-refractivity contribution in [1.29, 1.82) is 0 Å². The average Bonchev–Trinajstić information content (AvgIpc) is 2.51. The summed E-state index contributed by atoms with van der Waals surface area (Å²) in [5, 5.41) is 9.57. The quantitative estimate of drug-likeness (QED) is 0.608. The molecule has 3 atom stereocenters. The van der Waals surface area contributed by atoms with Crippen LogP contribution in [0.15, 0.2) is 0 Å². The molecule has 0 radical (unpaired) electrons. The second-order valence-corrected chi connectivity index (χ2v) is 13.2. The molecule has 1 aliphatic rings. The SMILES string of the molecule is CC(C)(C)[Si](C)(C)OC[C@H]1OC(O)C[C@@H]1OS(C)(=O)=O. The Labute approximate surface area is 122 Å². The Kier molecular flexibility index (Phi) is 5.43. The summed E-state index contributed by atoms with van der Waals surface area (Å²) < 4.78 is 38.7. The first kappa shape index (κ1) is 18.1. The van der Waals surface area contributed by atoms with Crippen LogP contribution in [0.5, 0.6) is 0 Å². The molecular formula is C12H26O6SSi. The Bertz CT molecular complexity index is 428. The molecule has 0 aliphatic carbocycles. The predicted molar refractivity (Wildman–Crippen MR) is 78.4 cm³/mol. The fourth-order valence-electron chi connectivity index (χ4n) is 1.67. The highest BCUT2D eigenvalue weighted by molar-refractivity contribution is 7.86. The second kappa shape index (κ2) is 6.02. The summed E-state index contributed by atoms with van der Waals surface area (Å²) in [7, 11) is -5.53. The first-order valence-electron chi connectivity index (χ1n) is 6.67. The van der Waals surface area contributed by atoms with Gasteiger partial charge in [0.25, 0.3) is 10.1 Å². The first-order valence-corrected chi connectivity index (χ1v) is 11.4. The van der Waals surface area contributed by atoms with E-state index in [1.165, 1.54) is 0 Å². The summed E-state index contributed by atoms with van der Waals surface area (Å²) in [6.45, 7) is 10.8. The number of aliphatic hydroxyl groups is 1. The predicted octanol–water partition coefficient (Wildman–Crippen LogP) is 1.46. The number of rotatable bonds is 5. The topological polar surface area (TPSA) is 82.1 Å². The van der Waals surface area contributed by atoms with E-state index in [1.54, 1.807) is 0 Å². The van der Waals surface area contributed by atoms with Gasteiger partial charge in [0.05, 0.1) is 12.9 Å². The van der Waals surface area contributed by atoms with Crippen molar-refractivity contribution < 1.29 is 26.9 Å². The Balaban J connectivity index is 2.66. The van der Waals surface area contributed by atoms with Crippen molar-refractivity contribution in [3.05, 3.63) is 0 Å². The second-order valence-electron chi connectivity index (χ2n) is 6.78. The molecule has 6 nitrogen and oxygen atoms in total. The summed E-state index contributed by atoms with van der Waals surface area (Å²) in [4.78, 5) is 0. The van der Waals surface area contributed by atoms with E-state index in [4.69, 9.17) is 13.3 Å². The molecule has 0 aromatic rings. The molecule has 0 aromatic carbocycles. The van der Waals surface area contributed by atoms with E-state index in [0.717, 1.165) is 6.26 Å². The van der Waals surface area contributed by atoms with Gasteiger partial charge in [0, 0.05) is 6.42 Å². The Hall–Kier alpha value is 0.00688. The summed E-state index contributed by atoms with van der Waals surface area (Å²) in [6, 6.07) is 0. The smallest absolute Gasteiger partial charge is 0.264 e. The van der Waals surface area contributed by atoms with Crippen LogP contribution < -0.4 is 0 Å². The lowest BCUT2D eigenvalue weighted by atomic mass is 10.2. The largest absolute Gasteiger partial charge is 0.414 e. The van der Waals surface area contributed by atoms with E-state index >= 15 is 0 Å². The summed E-state index contributed by atoms with van der Waals surface area (Å²) in [6.07, 6.45) is -1.13. The molecule has 20 heavy (non-hydrogen) atoms. The molecule has 0 aromatic heterocycles. The standard InChI is InChI=1S/C12H26O6SSi/c1-12(2,3)20(5,6)16-8-10-9(7-11(13)17-10)18-19(4,14)15/h9-11,13H,7-8H2,1-6H3/t9-,10+,11?/m0/s1. The highest BCUT2D eigenvalue weighted by Gasteiger charge is 2.42. The van der Waals surface area contributed by atoms with Crippen LogP contribution in [0.4, 0.5) is 0 Å². The van der Waals surface area contributed by atoms with Crippen LogP contribution in [-0.2, 0) is 23.5 Å². The third-order valence-electron chi connectivity index (χ3n) is 3.89. The van der Waals surface area contributed by atoms with E-state index in [0.29, 0.717) is 0 Å². The highest BCUT2D eigenvalue weighted by atomic mass is 32.2. The minimum atomic E-state index is -3.58. The van der Waals surface area contributed by atoms with Gasteiger partial charge >= 0.3 is 0 Å². The van der Waals surface area contributed by atoms with Gasteiger partial charge in [-0.05, 0) is 18.1 Å². The summed E-state index contributed by atoms with van der Waals surface area (Å²) in [5.74, 6) is 0. The molecule has 1 rings (SSSR count). The zero-order chi connectivity index (χ0) is 15.8. The highest BCUT2D eigenvalue weighted by Crippen LogP contribution is 2.37. The van der Waals surface area contributed by atoms with Crippen LogP contribution in [0.1, 0.15) is 27.2 Å². The van der Waals surface area contributed by atoms with E-state index in [-0.39, 0.29) is 18.1 Å². The lowest BCUT2D eigenvalue weighted by Gasteiger charge is -2.37. The maximum atomic E-state index is 11.2. The van der Waals surface area contributed by atoms with Gasteiger partial charge in [0.1, 0.15) is 12.2 Å². The van der Waals surface area contributed by atoms with Gasteiger partial charge in [-0.2, -0.15) is 8.42 Å². The van der Waals surface area contributed by atoms with Crippen molar-refractivity contribution >= 4 is 18.4 Å². The van der Waals surface area contributed by atoms with Crippen molar-refractivity contribution in [2.24, 2.45) is 0 Å². The minimum absolute atomic E-state index is 0.0530. The van der Waals surface area contributed by atoms with Crippen LogP contribution in [0.2, 0.25) is 18.1 Å². The zero-order valence-electron chi connectivity index (χ0n) is 13.0. The maximum Gasteiger partial charge on any atom is 0.264 e. The Morgan fingerprint density at radius 1 is 1.35 bits per heavy atom. The number of ether oxygens (including phenoxy) is 1. The maximum absolute atomic E-state index is 11.2. The van der Waals surface area contributed by atoms with E-state index in [1.807, 2.05) is 0 Å². The molecule has 0 spiro atoms. The minimum Gasteiger partial charge on any atom is -0.414 e. The fraction of sp³-hybridized carbons (Fsp3) is 1.00. The molecule has 1 aliphatic heterocycles. The summed E-state index contributed by atoms with van der Waals surface area (Å²) in [5.41, 5.74) is 0. The third kappa shape index (κ3) is 5.08. The van der Waals surface area contributed by atoms with Crippen molar-refractivity contribution in [2.75, 3.05) is 12.9 Å². The third-order valence-corrected chi connectivity index (χ3v) is 8.99. The van der Waals surface area contributed by atoms with E-state index < -0.39 is 36.9 Å².